The van der Waals surface area contributed by atoms with Crippen molar-refractivity contribution in [2.45, 2.75) is 6.55 Å². The molecule has 0 fully saturated rings. The lowest BCUT2D eigenvalue weighted by atomic mass is 10.00. The Morgan fingerprint density at radius 1 is 0.708 bits per heavy atom. The van der Waals surface area contributed by atoms with Crippen LogP contribution in [0.2, 0.25) is 6.55 Å². The van der Waals surface area contributed by atoms with E-state index in [1.54, 1.807) is 7.11 Å². The molecule has 0 heterocycles. The van der Waals surface area contributed by atoms with Gasteiger partial charge >= 0.3 is 0 Å². The third-order valence-electron chi connectivity index (χ3n) is 4.30. The molecular formula is C21H19NOSi. The van der Waals surface area contributed by atoms with E-state index in [4.69, 9.17) is 9.69 Å². The Kier molecular flexibility index (Phi) is 4.90. The molecule has 0 bridgehead atoms. The van der Waals surface area contributed by atoms with Crippen LogP contribution in [0.15, 0.2) is 72.8 Å². The van der Waals surface area contributed by atoms with Crippen LogP contribution < -0.4 is 5.19 Å². The zero-order chi connectivity index (χ0) is 16.9. The van der Waals surface area contributed by atoms with Gasteiger partial charge in [0.15, 0.2) is 0 Å². The lowest BCUT2D eigenvalue weighted by Gasteiger charge is -2.09. The largest absolute Gasteiger partial charge is 0.419 e. The van der Waals surface area contributed by atoms with Gasteiger partial charge in [-0.05, 0) is 46.1 Å². The minimum Gasteiger partial charge on any atom is -0.419 e. The van der Waals surface area contributed by atoms with Gasteiger partial charge in [-0.3, -0.25) is 0 Å². The topological polar surface area (TPSA) is 33.0 Å². The van der Waals surface area contributed by atoms with Crippen LogP contribution >= 0.6 is 0 Å². The molecule has 3 aromatic carbocycles. The van der Waals surface area contributed by atoms with Crippen molar-refractivity contribution in [3.05, 3.63) is 78.4 Å². The number of hydrogen-bond donors (Lipinski definition) is 0. The molecule has 3 rings (SSSR count). The van der Waals surface area contributed by atoms with Crippen LogP contribution in [0.4, 0.5) is 0 Å². The number of rotatable bonds is 4. The summed E-state index contributed by atoms with van der Waals surface area (Å²) in [5.41, 5.74) is 5.37. The van der Waals surface area contributed by atoms with E-state index in [2.05, 4.69) is 61.1 Å². The summed E-state index contributed by atoms with van der Waals surface area (Å²) >= 11 is 0. The summed E-state index contributed by atoms with van der Waals surface area (Å²) in [4.78, 5) is 0. The van der Waals surface area contributed by atoms with Crippen LogP contribution in [0.5, 0.6) is 0 Å². The molecule has 0 saturated heterocycles. The third-order valence-corrected chi connectivity index (χ3v) is 6.33. The summed E-state index contributed by atoms with van der Waals surface area (Å²) < 4.78 is 5.48. The van der Waals surface area contributed by atoms with Gasteiger partial charge in [-0.1, -0.05) is 60.7 Å². The Balaban J connectivity index is 1.82. The van der Waals surface area contributed by atoms with E-state index >= 15 is 0 Å². The average Bonchev–Trinajstić information content (AvgIpc) is 2.68. The first-order chi connectivity index (χ1) is 11.7. The summed E-state index contributed by atoms with van der Waals surface area (Å²) in [7, 11) is 0.551. The van der Waals surface area contributed by atoms with Crippen LogP contribution in [-0.4, -0.2) is 16.2 Å². The van der Waals surface area contributed by atoms with Crippen LogP contribution in [0.1, 0.15) is 5.56 Å². The van der Waals surface area contributed by atoms with Gasteiger partial charge in [0, 0.05) is 7.11 Å². The van der Waals surface area contributed by atoms with Gasteiger partial charge in [0.2, 0.25) is 9.04 Å². The summed E-state index contributed by atoms with van der Waals surface area (Å²) in [6, 6.07) is 27.0. The van der Waals surface area contributed by atoms with Gasteiger partial charge in [-0.15, -0.1) is 0 Å². The SMILES string of the molecule is CO[SiH](C)c1ccc(-c2ccc(-c3ccc(C#N)cc3)cc2)cc1. The highest BCUT2D eigenvalue weighted by Gasteiger charge is 2.06. The zero-order valence-electron chi connectivity index (χ0n) is 13.9. The second-order valence-corrected chi connectivity index (χ2v) is 8.19. The number of hydrogen-bond acceptors (Lipinski definition) is 2. The van der Waals surface area contributed by atoms with Crippen LogP contribution in [0, 0.1) is 11.3 Å². The molecule has 0 aromatic heterocycles. The molecule has 24 heavy (non-hydrogen) atoms. The minimum atomic E-state index is -1.23. The second-order valence-electron chi connectivity index (χ2n) is 5.77. The lowest BCUT2D eigenvalue weighted by molar-refractivity contribution is 0.434. The molecule has 0 aliphatic rings. The molecule has 0 radical (unpaired) electrons. The lowest BCUT2D eigenvalue weighted by Crippen LogP contribution is -2.28. The van der Waals surface area contributed by atoms with Crippen molar-refractivity contribution in [3.63, 3.8) is 0 Å². The highest BCUT2D eigenvalue weighted by molar-refractivity contribution is 6.66. The summed E-state index contributed by atoms with van der Waals surface area (Å²) in [5.74, 6) is 0. The van der Waals surface area contributed by atoms with Crippen molar-refractivity contribution >= 4 is 14.2 Å². The van der Waals surface area contributed by atoms with Crippen LogP contribution in [-0.2, 0) is 4.43 Å². The maximum absolute atomic E-state index is 8.88. The average molecular weight is 329 g/mol. The molecule has 1 unspecified atom stereocenters. The van der Waals surface area contributed by atoms with E-state index in [0.29, 0.717) is 5.56 Å². The molecule has 3 heteroatoms. The standard InChI is InChI=1S/C21H19NOSi/c1-23-24(2)21-13-11-20(12-14-21)19-9-7-18(8-10-19)17-5-3-16(15-22)4-6-17/h3-14,24H,1-2H3. The Morgan fingerprint density at radius 2 is 1.08 bits per heavy atom. The Bertz CT molecular complexity index is 846. The van der Waals surface area contributed by atoms with E-state index in [1.165, 1.54) is 16.3 Å². The fourth-order valence-corrected chi connectivity index (χ4v) is 3.68. The molecule has 0 aliphatic heterocycles. The van der Waals surface area contributed by atoms with Gasteiger partial charge < -0.3 is 4.43 Å². The molecule has 0 aliphatic carbocycles. The number of nitriles is 1. The van der Waals surface area contributed by atoms with E-state index < -0.39 is 9.04 Å². The van der Waals surface area contributed by atoms with Gasteiger partial charge in [-0.2, -0.15) is 5.26 Å². The summed E-state index contributed by atoms with van der Waals surface area (Å²) in [5, 5.41) is 10.2. The van der Waals surface area contributed by atoms with Crippen molar-refractivity contribution in [3.8, 4) is 28.3 Å². The van der Waals surface area contributed by atoms with Crippen molar-refractivity contribution in [1.82, 2.24) is 0 Å². The zero-order valence-corrected chi connectivity index (χ0v) is 15.0. The molecule has 0 amide bonds. The van der Waals surface area contributed by atoms with Crippen molar-refractivity contribution < 1.29 is 4.43 Å². The molecule has 0 N–H and O–H groups in total. The molecular weight excluding hydrogens is 310 g/mol. The predicted molar refractivity (Wildman–Crippen MR) is 102 cm³/mol. The monoisotopic (exact) mass is 329 g/mol. The maximum atomic E-state index is 8.88. The second kappa shape index (κ2) is 7.27. The van der Waals surface area contributed by atoms with Gasteiger partial charge in [0.25, 0.3) is 0 Å². The van der Waals surface area contributed by atoms with Crippen LogP contribution in [0.25, 0.3) is 22.3 Å². The first-order valence-corrected chi connectivity index (χ1v) is 10.2. The van der Waals surface area contributed by atoms with Crippen molar-refractivity contribution in [2.24, 2.45) is 0 Å². The minimum absolute atomic E-state index is 0.685. The van der Waals surface area contributed by atoms with E-state index in [9.17, 15) is 0 Å². The van der Waals surface area contributed by atoms with Crippen LogP contribution in [0.3, 0.4) is 0 Å². The van der Waals surface area contributed by atoms with E-state index in [1.807, 2.05) is 24.3 Å². The van der Waals surface area contributed by atoms with E-state index in [-0.39, 0.29) is 0 Å². The molecule has 0 saturated carbocycles. The molecule has 2 nitrogen and oxygen atoms in total. The Labute approximate surface area is 144 Å². The van der Waals surface area contributed by atoms with Gasteiger partial charge in [0.1, 0.15) is 0 Å². The maximum Gasteiger partial charge on any atom is 0.204 e. The third kappa shape index (κ3) is 3.46. The number of benzene rings is 3. The van der Waals surface area contributed by atoms with Gasteiger partial charge in [0.05, 0.1) is 11.6 Å². The Morgan fingerprint density at radius 3 is 1.46 bits per heavy atom. The van der Waals surface area contributed by atoms with E-state index in [0.717, 1.165) is 11.1 Å². The molecule has 3 aromatic rings. The quantitative estimate of drug-likeness (QED) is 0.675. The highest BCUT2D eigenvalue weighted by Crippen LogP contribution is 2.24. The normalized spacial score (nSPS) is 11.7. The Hall–Kier alpha value is -2.67. The summed E-state index contributed by atoms with van der Waals surface area (Å²) in [6.45, 7) is 2.18. The fraction of sp³-hybridized carbons (Fsp3) is 0.0952. The van der Waals surface area contributed by atoms with Crippen molar-refractivity contribution in [2.75, 3.05) is 7.11 Å². The first-order valence-electron chi connectivity index (χ1n) is 7.95. The fourth-order valence-electron chi connectivity index (χ4n) is 2.68. The predicted octanol–water partition coefficient (Wildman–Crippen LogP) is 4.10. The number of nitrogens with zero attached hydrogens (tertiary/aromatic N) is 1. The molecule has 118 valence electrons. The highest BCUT2D eigenvalue weighted by atomic mass is 28.3. The molecule has 0 spiro atoms. The molecule has 1 atom stereocenters. The first kappa shape index (κ1) is 16.2. The van der Waals surface area contributed by atoms with Gasteiger partial charge in [-0.25, -0.2) is 0 Å². The summed E-state index contributed by atoms with van der Waals surface area (Å²) in [6.07, 6.45) is 0. The van der Waals surface area contributed by atoms with Crippen molar-refractivity contribution in [1.29, 1.82) is 5.26 Å². The smallest absolute Gasteiger partial charge is 0.204 e.